The largest absolute Gasteiger partial charge is 0.506 e. The molecule has 0 unspecified atom stereocenters. The summed E-state index contributed by atoms with van der Waals surface area (Å²) in [5, 5.41) is 12.6. The van der Waals surface area contributed by atoms with E-state index in [-0.39, 0.29) is 10.6 Å². The molecule has 0 radical (unpaired) electrons. The molecule has 0 bridgehead atoms. The van der Waals surface area contributed by atoms with E-state index in [0.29, 0.717) is 16.9 Å². The molecule has 0 saturated carbocycles. The Kier molecular flexibility index (Phi) is 5.61. The van der Waals surface area contributed by atoms with E-state index in [0.717, 1.165) is 11.1 Å². The van der Waals surface area contributed by atoms with Gasteiger partial charge >= 0.3 is 0 Å². The van der Waals surface area contributed by atoms with Crippen molar-refractivity contribution in [1.82, 2.24) is 0 Å². The summed E-state index contributed by atoms with van der Waals surface area (Å²) in [6, 6.07) is 17.8. The Morgan fingerprint density at radius 1 is 0.897 bits per heavy atom. The maximum Gasteiger partial charge on any atom is 0.264 e. The molecule has 0 atom stereocenters. The van der Waals surface area contributed by atoms with Gasteiger partial charge in [-0.15, -0.1) is 0 Å². The zero-order valence-corrected chi connectivity index (χ0v) is 17.2. The molecule has 0 spiro atoms. The molecule has 0 fully saturated rings. The molecule has 0 aliphatic carbocycles. The number of hydrogen-bond donors (Lipinski definition) is 2. The number of phenols is 1. The zero-order chi connectivity index (χ0) is 21.2. The summed E-state index contributed by atoms with van der Waals surface area (Å²) in [5.74, 6) is -0.418. The maximum absolute atomic E-state index is 12.8. The highest BCUT2D eigenvalue weighted by Crippen LogP contribution is 2.26. The number of sulfonamides is 1. The molecular weight excluding hydrogens is 388 g/mol. The summed E-state index contributed by atoms with van der Waals surface area (Å²) in [6.45, 7) is 3.73. The molecule has 2 N–H and O–H groups in total. The Hall–Kier alpha value is -3.32. The van der Waals surface area contributed by atoms with Gasteiger partial charge in [-0.1, -0.05) is 23.8 Å². The average molecular weight is 410 g/mol. The molecule has 0 saturated heterocycles. The molecular formula is C22H22N2O4S. The lowest BCUT2D eigenvalue weighted by Gasteiger charge is -2.20. The van der Waals surface area contributed by atoms with E-state index in [9.17, 15) is 18.3 Å². The van der Waals surface area contributed by atoms with E-state index >= 15 is 0 Å². The maximum atomic E-state index is 12.8. The molecule has 3 aromatic rings. The van der Waals surface area contributed by atoms with E-state index in [1.165, 1.54) is 23.5 Å². The second-order valence-corrected chi connectivity index (χ2v) is 8.78. The van der Waals surface area contributed by atoms with Crippen LogP contribution in [0, 0.1) is 13.8 Å². The summed E-state index contributed by atoms with van der Waals surface area (Å²) in [4.78, 5) is 12.6. The standard InChI is InChI=1S/C22H22N2O4S/c1-15-4-11-19(12-5-15)29(27,28)24(3)18-9-7-17(8-10-18)22(26)23-20-13-6-16(2)14-21(20)25/h4-14,25H,1-3H3,(H,23,26). The molecule has 1 amide bonds. The van der Waals surface area contributed by atoms with Gasteiger partial charge in [0, 0.05) is 12.6 Å². The normalized spacial score (nSPS) is 11.1. The number of nitrogens with zero attached hydrogens (tertiary/aromatic N) is 1. The van der Waals surface area contributed by atoms with Crippen LogP contribution in [0.1, 0.15) is 21.5 Å². The van der Waals surface area contributed by atoms with Gasteiger partial charge in [-0.3, -0.25) is 9.10 Å². The number of aryl methyl sites for hydroxylation is 2. The van der Waals surface area contributed by atoms with Gasteiger partial charge in [0.1, 0.15) is 5.75 Å². The minimum absolute atomic E-state index is 0.0149. The minimum atomic E-state index is -3.70. The van der Waals surface area contributed by atoms with Gasteiger partial charge in [-0.05, 0) is 67.9 Å². The highest BCUT2D eigenvalue weighted by molar-refractivity contribution is 7.92. The predicted molar refractivity (Wildman–Crippen MR) is 114 cm³/mol. The monoisotopic (exact) mass is 410 g/mol. The molecule has 29 heavy (non-hydrogen) atoms. The van der Waals surface area contributed by atoms with Gasteiger partial charge in [0.2, 0.25) is 0 Å². The fraction of sp³-hybridized carbons (Fsp3) is 0.136. The number of benzene rings is 3. The summed E-state index contributed by atoms with van der Waals surface area (Å²) in [6.07, 6.45) is 0. The highest BCUT2D eigenvalue weighted by Gasteiger charge is 2.21. The SMILES string of the molecule is Cc1ccc(S(=O)(=O)N(C)c2ccc(C(=O)Nc3ccc(C)cc3O)cc2)cc1. The topological polar surface area (TPSA) is 86.7 Å². The third-order valence-corrected chi connectivity index (χ3v) is 6.37. The van der Waals surface area contributed by atoms with Crippen LogP contribution in [0.3, 0.4) is 0 Å². The molecule has 0 aliphatic rings. The Labute approximate surface area is 170 Å². The van der Waals surface area contributed by atoms with Gasteiger partial charge in [0.05, 0.1) is 16.3 Å². The van der Waals surface area contributed by atoms with Gasteiger partial charge in [-0.2, -0.15) is 0 Å². The van der Waals surface area contributed by atoms with E-state index in [1.807, 2.05) is 13.8 Å². The van der Waals surface area contributed by atoms with Crippen LogP contribution in [0.25, 0.3) is 0 Å². The van der Waals surface area contributed by atoms with Crippen molar-refractivity contribution in [2.75, 3.05) is 16.7 Å². The molecule has 0 heterocycles. The van der Waals surface area contributed by atoms with Gasteiger partial charge in [0.25, 0.3) is 15.9 Å². The number of anilines is 2. The van der Waals surface area contributed by atoms with Crippen LogP contribution >= 0.6 is 0 Å². The smallest absolute Gasteiger partial charge is 0.264 e. The van der Waals surface area contributed by atoms with Crippen LogP contribution in [-0.2, 0) is 10.0 Å². The number of phenolic OH excluding ortho intramolecular Hbond substituents is 1. The van der Waals surface area contributed by atoms with E-state index in [1.54, 1.807) is 54.6 Å². The third kappa shape index (κ3) is 4.41. The van der Waals surface area contributed by atoms with Crippen molar-refractivity contribution in [1.29, 1.82) is 0 Å². The summed E-state index contributed by atoms with van der Waals surface area (Å²) < 4.78 is 26.7. The third-order valence-electron chi connectivity index (χ3n) is 4.57. The van der Waals surface area contributed by atoms with Crippen molar-refractivity contribution in [3.63, 3.8) is 0 Å². The summed E-state index contributed by atoms with van der Waals surface area (Å²) in [5.41, 5.74) is 2.93. The summed E-state index contributed by atoms with van der Waals surface area (Å²) >= 11 is 0. The lowest BCUT2D eigenvalue weighted by Crippen LogP contribution is -2.26. The predicted octanol–water partition coefficient (Wildman–Crippen LogP) is 4.09. The first-order valence-corrected chi connectivity index (χ1v) is 10.4. The van der Waals surface area contributed by atoms with Crippen molar-refractivity contribution in [2.45, 2.75) is 18.7 Å². The highest BCUT2D eigenvalue weighted by atomic mass is 32.2. The second kappa shape index (κ2) is 7.97. The van der Waals surface area contributed by atoms with Gasteiger partial charge in [0.15, 0.2) is 0 Å². The van der Waals surface area contributed by atoms with Crippen LogP contribution in [0.4, 0.5) is 11.4 Å². The van der Waals surface area contributed by atoms with Gasteiger partial charge < -0.3 is 10.4 Å². The Bertz CT molecular complexity index is 1140. The molecule has 150 valence electrons. The Morgan fingerprint density at radius 3 is 2.07 bits per heavy atom. The lowest BCUT2D eigenvalue weighted by atomic mass is 10.1. The zero-order valence-electron chi connectivity index (χ0n) is 16.4. The van der Waals surface area contributed by atoms with Crippen LogP contribution < -0.4 is 9.62 Å². The first-order valence-electron chi connectivity index (χ1n) is 8.95. The van der Waals surface area contributed by atoms with E-state index < -0.39 is 15.9 Å². The van der Waals surface area contributed by atoms with Crippen LogP contribution in [0.5, 0.6) is 5.75 Å². The first-order chi connectivity index (χ1) is 13.7. The van der Waals surface area contributed by atoms with Crippen molar-refractivity contribution < 1.29 is 18.3 Å². The molecule has 0 aromatic heterocycles. The number of carbonyl (C=O) groups excluding carboxylic acids is 1. The number of hydrogen-bond acceptors (Lipinski definition) is 4. The van der Waals surface area contributed by atoms with Crippen molar-refractivity contribution in [2.24, 2.45) is 0 Å². The fourth-order valence-corrected chi connectivity index (χ4v) is 3.97. The van der Waals surface area contributed by atoms with Crippen molar-refractivity contribution in [3.05, 3.63) is 83.4 Å². The van der Waals surface area contributed by atoms with Crippen LogP contribution in [0.2, 0.25) is 0 Å². The number of rotatable bonds is 5. The van der Waals surface area contributed by atoms with Crippen molar-refractivity contribution in [3.8, 4) is 5.75 Å². The minimum Gasteiger partial charge on any atom is -0.506 e. The molecule has 3 aromatic carbocycles. The number of carbonyl (C=O) groups is 1. The number of amides is 1. The molecule has 6 nitrogen and oxygen atoms in total. The number of nitrogens with one attached hydrogen (secondary N) is 1. The lowest BCUT2D eigenvalue weighted by molar-refractivity contribution is 0.102. The van der Waals surface area contributed by atoms with Crippen molar-refractivity contribution >= 4 is 27.3 Å². The van der Waals surface area contributed by atoms with Crippen LogP contribution in [-0.4, -0.2) is 26.5 Å². The molecule has 3 rings (SSSR count). The number of aromatic hydroxyl groups is 1. The van der Waals surface area contributed by atoms with E-state index in [2.05, 4.69) is 5.32 Å². The molecule has 7 heteroatoms. The first kappa shape index (κ1) is 20.4. The average Bonchev–Trinajstić information content (AvgIpc) is 2.70. The van der Waals surface area contributed by atoms with Crippen LogP contribution in [0.15, 0.2) is 71.6 Å². The quantitative estimate of drug-likeness (QED) is 0.621. The Balaban J connectivity index is 1.78. The molecule has 0 aliphatic heterocycles. The fourth-order valence-electron chi connectivity index (χ4n) is 2.77. The summed E-state index contributed by atoms with van der Waals surface area (Å²) in [7, 11) is -2.23. The van der Waals surface area contributed by atoms with E-state index in [4.69, 9.17) is 0 Å². The van der Waals surface area contributed by atoms with Gasteiger partial charge in [-0.25, -0.2) is 8.42 Å². The Morgan fingerprint density at radius 2 is 1.48 bits per heavy atom. The second-order valence-electron chi connectivity index (χ2n) is 6.81.